The molecule has 1 saturated carbocycles. The van der Waals surface area contributed by atoms with E-state index in [0.717, 1.165) is 32.4 Å². The quantitative estimate of drug-likeness (QED) is 0.709. The Bertz CT molecular complexity index is 252. The highest BCUT2D eigenvalue weighted by molar-refractivity contribution is 9.09. The van der Waals surface area contributed by atoms with Crippen LogP contribution in [0.2, 0.25) is 0 Å². The topological polar surface area (TPSA) is 20.3 Å². The van der Waals surface area contributed by atoms with E-state index in [0.29, 0.717) is 16.7 Å². The van der Waals surface area contributed by atoms with E-state index < -0.39 is 0 Å². The molecule has 0 aromatic rings. The zero-order valence-corrected chi connectivity index (χ0v) is 11.2. The van der Waals surface area contributed by atoms with Crippen molar-refractivity contribution in [3.63, 3.8) is 0 Å². The Morgan fingerprint density at radius 2 is 2.13 bits per heavy atom. The highest BCUT2D eigenvalue weighted by Crippen LogP contribution is 2.50. The van der Waals surface area contributed by atoms with Crippen LogP contribution in [-0.2, 0) is 4.79 Å². The molecule has 2 aliphatic rings. The van der Waals surface area contributed by atoms with E-state index in [-0.39, 0.29) is 5.41 Å². The van der Waals surface area contributed by atoms with Crippen LogP contribution in [0.4, 0.5) is 0 Å². The molecule has 2 nitrogen and oxygen atoms in total. The van der Waals surface area contributed by atoms with Crippen LogP contribution in [0.1, 0.15) is 39.5 Å². The van der Waals surface area contributed by atoms with Crippen molar-refractivity contribution in [1.29, 1.82) is 0 Å². The molecule has 86 valence electrons. The van der Waals surface area contributed by atoms with Gasteiger partial charge in [-0.1, -0.05) is 29.8 Å². The number of hydrogen-bond donors (Lipinski definition) is 0. The van der Waals surface area contributed by atoms with Crippen LogP contribution in [0.15, 0.2) is 0 Å². The van der Waals surface area contributed by atoms with Gasteiger partial charge < -0.3 is 4.90 Å². The molecule has 0 N–H and O–H groups in total. The molecule has 2 unspecified atom stereocenters. The molecule has 15 heavy (non-hydrogen) atoms. The number of hydrogen-bond acceptors (Lipinski definition) is 1. The maximum Gasteiger partial charge on any atom is 0.228 e. The minimum atomic E-state index is 0.0454. The molecule has 2 rings (SSSR count). The molecule has 0 spiro atoms. The van der Waals surface area contributed by atoms with Gasteiger partial charge in [-0.3, -0.25) is 4.79 Å². The van der Waals surface area contributed by atoms with E-state index >= 15 is 0 Å². The molecule has 0 bridgehead atoms. The fraction of sp³-hybridized carbons (Fsp3) is 0.917. The number of carbonyl (C=O) groups is 1. The van der Waals surface area contributed by atoms with Crippen molar-refractivity contribution in [3.05, 3.63) is 0 Å². The predicted molar refractivity (Wildman–Crippen MR) is 65.0 cm³/mol. The van der Waals surface area contributed by atoms with Crippen molar-refractivity contribution >= 4 is 21.8 Å². The molecule has 2 fully saturated rings. The van der Waals surface area contributed by atoms with Crippen LogP contribution >= 0.6 is 15.9 Å². The largest absolute Gasteiger partial charge is 0.341 e. The molecule has 0 radical (unpaired) electrons. The maximum absolute atomic E-state index is 12.3. The number of alkyl halides is 1. The summed E-state index contributed by atoms with van der Waals surface area (Å²) < 4.78 is 0. The average molecular weight is 274 g/mol. The van der Waals surface area contributed by atoms with Crippen molar-refractivity contribution in [2.75, 3.05) is 13.1 Å². The molecule has 2 atom stereocenters. The molecule has 1 saturated heterocycles. The summed E-state index contributed by atoms with van der Waals surface area (Å²) in [4.78, 5) is 14.9. The predicted octanol–water partition coefficient (Wildman–Crippen LogP) is 2.81. The zero-order chi connectivity index (χ0) is 11.1. The Kier molecular flexibility index (Phi) is 3.11. The summed E-state index contributed by atoms with van der Waals surface area (Å²) >= 11 is 3.65. The molecular weight excluding hydrogens is 254 g/mol. The van der Waals surface area contributed by atoms with Gasteiger partial charge in [0.1, 0.15) is 0 Å². The van der Waals surface area contributed by atoms with Crippen molar-refractivity contribution in [1.82, 2.24) is 4.90 Å². The van der Waals surface area contributed by atoms with Gasteiger partial charge in [-0.05, 0) is 31.6 Å². The van der Waals surface area contributed by atoms with E-state index in [1.54, 1.807) is 0 Å². The Labute approximate surface area is 101 Å². The Balaban J connectivity index is 2.01. The fourth-order valence-corrected chi connectivity index (χ4v) is 3.63. The summed E-state index contributed by atoms with van der Waals surface area (Å²) in [7, 11) is 0. The molecule has 1 aliphatic heterocycles. The van der Waals surface area contributed by atoms with Gasteiger partial charge in [0.15, 0.2) is 0 Å². The smallest absolute Gasteiger partial charge is 0.228 e. The summed E-state index contributed by atoms with van der Waals surface area (Å²) in [6.07, 6.45) is 4.44. The first-order chi connectivity index (χ1) is 7.07. The van der Waals surface area contributed by atoms with Crippen LogP contribution in [0.3, 0.4) is 0 Å². The molecule has 1 amide bonds. The van der Waals surface area contributed by atoms with Crippen molar-refractivity contribution in [3.8, 4) is 0 Å². The lowest BCUT2D eigenvalue weighted by atomic mass is 9.96. The maximum atomic E-state index is 12.3. The molecular formula is C12H20BrNO. The highest BCUT2D eigenvalue weighted by atomic mass is 79.9. The lowest BCUT2D eigenvalue weighted by molar-refractivity contribution is -0.138. The van der Waals surface area contributed by atoms with E-state index in [9.17, 15) is 4.79 Å². The molecule has 0 aromatic heterocycles. The third kappa shape index (κ3) is 2.22. The first kappa shape index (κ1) is 11.4. The first-order valence-corrected chi connectivity index (χ1v) is 6.92. The number of likely N-dealkylation sites (tertiary alicyclic amines) is 1. The third-order valence-electron chi connectivity index (χ3n) is 3.88. The lowest BCUT2D eigenvalue weighted by Crippen LogP contribution is -2.46. The molecule has 1 heterocycles. The van der Waals surface area contributed by atoms with Crippen LogP contribution in [0.5, 0.6) is 0 Å². The highest BCUT2D eigenvalue weighted by Gasteiger charge is 2.50. The Morgan fingerprint density at radius 3 is 2.60 bits per heavy atom. The molecule has 0 aromatic carbocycles. The number of rotatable bonds is 2. The third-order valence-corrected chi connectivity index (χ3v) is 4.54. The van der Waals surface area contributed by atoms with E-state index in [1.807, 2.05) is 0 Å². The number of nitrogens with zero attached hydrogens (tertiary/aromatic N) is 1. The van der Waals surface area contributed by atoms with Gasteiger partial charge in [0.2, 0.25) is 5.91 Å². The van der Waals surface area contributed by atoms with Gasteiger partial charge in [0.25, 0.3) is 0 Å². The van der Waals surface area contributed by atoms with Gasteiger partial charge in [0, 0.05) is 23.3 Å². The van der Waals surface area contributed by atoms with Gasteiger partial charge >= 0.3 is 0 Å². The number of amides is 1. The van der Waals surface area contributed by atoms with E-state index in [4.69, 9.17) is 0 Å². The van der Waals surface area contributed by atoms with Crippen LogP contribution in [0, 0.1) is 11.3 Å². The monoisotopic (exact) mass is 273 g/mol. The van der Waals surface area contributed by atoms with Gasteiger partial charge in [-0.15, -0.1) is 0 Å². The van der Waals surface area contributed by atoms with Crippen LogP contribution < -0.4 is 0 Å². The van der Waals surface area contributed by atoms with Crippen LogP contribution in [-0.4, -0.2) is 28.7 Å². The summed E-state index contributed by atoms with van der Waals surface area (Å²) in [6, 6.07) is 0. The summed E-state index contributed by atoms with van der Waals surface area (Å²) in [5.74, 6) is 1.06. The fourth-order valence-electron chi connectivity index (χ4n) is 2.65. The van der Waals surface area contributed by atoms with Crippen molar-refractivity contribution < 1.29 is 4.79 Å². The summed E-state index contributed by atoms with van der Waals surface area (Å²) in [6.45, 7) is 6.25. The van der Waals surface area contributed by atoms with Gasteiger partial charge in [-0.25, -0.2) is 0 Å². The minimum absolute atomic E-state index is 0.0454. The number of piperidine rings is 1. The molecule has 3 heteroatoms. The van der Waals surface area contributed by atoms with Gasteiger partial charge in [0.05, 0.1) is 0 Å². The SMILES string of the molecule is CCC1(C(=O)N2CC(C)CC(Br)C2)CC1. The second kappa shape index (κ2) is 4.08. The Hall–Kier alpha value is -0.0500. The lowest BCUT2D eigenvalue weighted by Gasteiger charge is -2.36. The Morgan fingerprint density at radius 1 is 1.47 bits per heavy atom. The molecule has 1 aliphatic carbocycles. The van der Waals surface area contributed by atoms with E-state index in [2.05, 4.69) is 34.7 Å². The average Bonchev–Trinajstić information content (AvgIpc) is 2.95. The standard InChI is InChI=1S/C12H20BrNO/c1-3-12(4-5-12)11(15)14-7-9(2)6-10(13)8-14/h9-10H,3-8H2,1-2H3. The van der Waals surface area contributed by atoms with Crippen molar-refractivity contribution in [2.24, 2.45) is 11.3 Å². The number of carbonyl (C=O) groups excluding carboxylic acids is 1. The van der Waals surface area contributed by atoms with Gasteiger partial charge in [-0.2, -0.15) is 0 Å². The van der Waals surface area contributed by atoms with Crippen molar-refractivity contribution in [2.45, 2.75) is 44.4 Å². The second-order valence-electron chi connectivity index (χ2n) is 5.28. The van der Waals surface area contributed by atoms with Crippen LogP contribution in [0.25, 0.3) is 0 Å². The normalized spacial score (nSPS) is 33.9. The minimum Gasteiger partial charge on any atom is -0.341 e. The summed E-state index contributed by atoms with van der Waals surface area (Å²) in [5, 5.41) is 0. The second-order valence-corrected chi connectivity index (χ2v) is 6.58. The zero-order valence-electron chi connectivity index (χ0n) is 9.63. The summed E-state index contributed by atoms with van der Waals surface area (Å²) in [5.41, 5.74) is 0.0454. The van der Waals surface area contributed by atoms with E-state index in [1.165, 1.54) is 6.42 Å². The number of halogens is 1. The first-order valence-electron chi connectivity index (χ1n) is 6.01.